The minimum absolute atomic E-state index is 0.273. The van der Waals surface area contributed by atoms with E-state index in [0.29, 0.717) is 10.2 Å². The maximum atomic E-state index is 8.76. The van der Waals surface area contributed by atoms with Gasteiger partial charge in [-0.25, -0.2) is 0 Å². The molecule has 0 bridgehead atoms. The Morgan fingerprint density at radius 2 is 2.06 bits per heavy atom. The number of nitrogens with zero attached hydrogens (tertiary/aromatic N) is 2. The van der Waals surface area contributed by atoms with E-state index in [0.717, 1.165) is 12.0 Å². The minimum atomic E-state index is 0.273. The number of aromatic nitrogens is 1. The lowest BCUT2D eigenvalue weighted by Crippen LogP contribution is -1.80. The van der Waals surface area contributed by atoms with Gasteiger partial charge >= 0.3 is 0 Å². The van der Waals surface area contributed by atoms with E-state index in [4.69, 9.17) is 9.78 Å². The molecule has 0 fully saturated rings. The molecule has 0 N–H and O–H groups in total. The zero-order chi connectivity index (χ0) is 11.5. The van der Waals surface area contributed by atoms with Gasteiger partial charge in [-0.2, -0.15) is 5.26 Å². The first-order valence-corrected chi connectivity index (χ1v) is 5.70. The lowest BCUT2D eigenvalue weighted by Gasteiger charge is -1.98. The van der Waals surface area contributed by atoms with Crippen molar-refractivity contribution in [1.29, 1.82) is 5.26 Å². The van der Waals surface area contributed by atoms with Crippen molar-refractivity contribution in [1.82, 2.24) is 5.16 Å². The van der Waals surface area contributed by atoms with E-state index in [9.17, 15) is 0 Å². The highest BCUT2D eigenvalue weighted by Crippen LogP contribution is 2.30. The zero-order valence-electron chi connectivity index (χ0n) is 8.70. The van der Waals surface area contributed by atoms with Crippen molar-refractivity contribution in [2.24, 2.45) is 0 Å². The first-order chi connectivity index (χ1) is 7.76. The average molecular weight is 277 g/mol. The molecule has 0 aliphatic heterocycles. The maximum Gasteiger partial charge on any atom is 0.198 e. The third-order valence-electron chi connectivity index (χ3n) is 2.37. The van der Waals surface area contributed by atoms with Gasteiger partial charge in [-0.1, -0.05) is 36.3 Å². The molecule has 0 aliphatic rings. The highest BCUT2D eigenvalue weighted by atomic mass is 79.9. The summed E-state index contributed by atoms with van der Waals surface area (Å²) in [6, 6.07) is 9.96. The van der Waals surface area contributed by atoms with E-state index in [1.807, 2.05) is 30.3 Å². The van der Waals surface area contributed by atoms with Crippen LogP contribution in [0.3, 0.4) is 0 Å². The van der Waals surface area contributed by atoms with Crippen LogP contribution in [-0.4, -0.2) is 5.16 Å². The average Bonchev–Trinajstić information content (AvgIpc) is 2.70. The molecule has 0 saturated carbocycles. The summed E-state index contributed by atoms with van der Waals surface area (Å²) in [5.74, 6) is 0.596. The monoisotopic (exact) mass is 276 g/mol. The van der Waals surface area contributed by atoms with E-state index in [1.165, 1.54) is 5.56 Å². The molecule has 0 atom stereocenters. The number of halogens is 1. The molecule has 0 amide bonds. The Labute approximate surface area is 102 Å². The number of benzene rings is 1. The van der Waals surface area contributed by atoms with Gasteiger partial charge in [-0.3, -0.25) is 0 Å². The lowest BCUT2D eigenvalue weighted by atomic mass is 10.1. The van der Waals surface area contributed by atoms with Crippen LogP contribution in [0.1, 0.15) is 18.2 Å². The molecule has 0 radical (unpaired) electrons. The Morgan fingerprint density at radius 3 is 2.56 bits per heavy atom. The number of hydrogen-bond donors (Lipinski definition) is 0. The molecule has 16 heavy (non-hydrogen) atoms. The van der Waals surface area contributed by atoms with Crippen molar-refractivity contribution in [3.8, 4) is 17.4 Å². The number of nitriles is 1. The minimum Gasteiger partial charge on any atom is -0.354 e. The summed E-state index contributed by atoms with van der Waals surface area (Å²) in [5, 5.41) is 12.4. The molecule has 0 aliphatic carbocycles. The first kappa shape index (κ1) is 10.9. The van der Waals surface area contributed by atoms with Crippen LogP contribution in [-0.2, 0) is 6.42 Å². The molecule has 2 aromatic rings. The molecular weight excluding hydrogens is 268 g/mol. The highest BCUT2D eigenvalue weighted by Gasteiger charge is 2.14. The van der Waals surface area contributed by atoms with Gasteiger partial charge in [0.05, 0.1) is 0 Å². The van der Waals surface area contributed by atoms with Crippen LogP contribution >= 0.6 is 15.9 Å². The number of aryl methyl sites for hydroxylation is 1. The molecule has 80 valence electrons. The normalized spacial score (nSPS) is 10.1. The third kappa shape index (κ3) is 1.86. The van der Waals surface area contributed by atoms with Crippen LogP contribution in [0.15, 0.2) is 33.3 Å². The summed E-state index contributed by atoms with van der Waals surface area (Å²) in [7, 11) is 0. The Bertz CT molecular complexity index is 537. The largest absolute Gasteiger partial charge is 0.354 e. The van der Waals surface area contributed by atoms with Crippen molar-refractivity contribution in [3.05, 3.63) is 40.0 Å². The third-order valence-corrected chi connectivity index (χ3v) is 3.10. The van der Waals surface area contributed by atoms with Gasteiger partial charge in [0.2, 0.25) is 0 Å². The fourth-order valence-corrected chi connectivity index (χ4v) is 1.88. The molecule has 0 spiro atoms. The van der Waals surface area contributed by atoms with Crippen LogP contribution in [0.5, 0.6) is 0 Å². The molecule has 1 aromatic heterocycles. The topological polar surface area (TPSA) is 49.8 Å². The summed E-state index contributed by atoms with van der Waals surface area (Å²) in [6.07, 6.45) is 1.00. The lowest BCUT2D eigenvalue weighted by molar-refractivity contribution is 0.430. The van der Waals surface area contributed by atoms with Crippen molar-refractivity contribution >= 4 is 15.9 Å². The smallest absolute Gasteiger partial charge is 0.198 e. The summed E-state index contributed by atoms with van der Waals surface area (Å²) < 4.78 is 5.74. The van der Waals surface area contributed by atoms with E-state index in [1.54, 1.807) is 0 Å². The molecule has 1 heterocycles. The van der Waals surface area contributed by atoms with Gasteiger partial charge < -0.3 is 4.52 Å². The van der Waals surface area contributed by atoms with E-state index in [-0.39, 0.29) is 5.69 Å². The fourth-order valence-electron chi connectivity index (χ4n) is 1.42. The van der Waals surface area contributed by atoms with Gasteiger partial charge in [0.15, 0.2) is 11.5 Å². The van der Waals surface area contributed by atoms with Crippen molar-refractivity contribution in [2.75, 3.05) is 0 Å². The van der Waals surface area contributed by atoms with Crippen LogP contribution in [0.4, 0.5) is 0 Å². The van der Waals surface area contributed by atoms with Crippen LogP contribution in [0, 0.1) is 11.3 Å². The summed E-state index contributed by atoms with van der Waals surface area (Å²) in [5.41, 5.74) is 2.45. The van der Waals surface area contributed by atoms with Crippen molar-refractivity contribution in [2.45, 2.75) is 13.3 Å². The van der Waals surface area contributed by atoms with Gasteiger partial charge in [-0.05, 0) is 27.9 Å². The van der Waals surface area contributed by atoms with Gasteiger partial charge in [0, 0.05) is 5.56 Å². The van der Waals surface area contributed by atoms with Crippen LogP contribution in [0.2, 0.25) is 0 Å². The second-order valence-corrected chi connectivity index (χ2v) is 4.13. The molecule has 1 aromatic carbocycles. The fraction of sp³-hybridized carbons (Fsp3) is 0.167. The summed E-state index contributed by atoms with van der Waals surface area (Å²) in [6.45, 7) is 2.10. The summed E-state index contributed by atoms with van der Waals surface area (Å²) >= 11 is 3.30. The quantitative estimate of drug-likeness (QED) is 0.843. The predicted octanol–water partition coefficient (Wildman–Crippen LogP) is 3.54. The number of hydrogen-bond acceptors (Lipinski definition) is 3. The predicted molar refractivity (Wildman–Crippen MR) is 63.7 cm³/mol. The molecule has 2 rings (SSSR count). The molecule has 4 heteroatoms. The van der Waals surface area contributed by atoms with Crippen LogP contribution < -0.4 is 0 Å². The SMILES string of the molecule is CCc1ccc(-c2onc(C#N)c2Br)cc1. The van der Waals surface area contributed by atoms with E-state index >= 15 is 0 Å². The molecular formula is C12H9BrN2O. The Hall–Kier alpha value is -1.60. The van der Waals surface area contributed by atoms with Crippen LogP contribution in [0.25, 0.3) is 11.3 Å². The molecule has 3 nitrogen and oxygen atoms in total. The van der Waals surface area contributed by atoms with Crippen molar-refractivity contribution < 1.29 is 4.52 Å². The van der Waals surface area contributed by atoms with Crippen molar-refractivity contribution in [3.63, 3.8) is 0 Å². The van der Waals surface area contributed by atoms with Gasteiger partial charge in [0.25, 0.3) is 0 Å². The van der Waals surface area contributed by atoms with Gasteiger partial charge in [0.1, 0.15) is 10.5 Å². The number of rotatable bonds is 2. The molecule has 0 saturated heterocycles. The second-order valence-electron chi connectivity index (χ2n) is 3.34. The Morgan fingerprint density at radius 1 is 1.38 bits per heavy atom. The zero-order valence-corrected chi connectivity index (χ0v) is 10.3. The maximum absolute atomic E-state index is 8.76. The van der Waals surface area contributed by atoms with E-state index in [2.05, 4.69) is 28.0 Å². The van der Waals surface area contributed by atoms with E-state index < -0.39 is 0 Å². The van der Waals surface area contributed by atoms with Gasteiger partial charge in [-0.15, -0.1) is 0 Å². The summed E-state index contributed by atoms with van der Waals surface area (Å²) in [4.78, 5) is 0. The standard InChI is InChI=1S/C12H9BrN2O/c1-2-8-3-5-9(6-4-8)12-11(13)10(7-14)15-16-12/h3-6H,2H2,1H3. The molecule has 0 unspecified atom stereocenters. The second kappa shape index (κ2) is 4.50. The Kier molecular flexibility index (Phi) is 3.07. The Balaban J connectivity index is 2.43. The highest BCUT2D eigenvalue weighted by molar-refractivity contribution is 9.10. The first-order valence-electron chi connectivity index (χ1n) is 4.90.